The van der Waals surface area contributed by atoms with Gasteiger partial charge >= 0.3 is 5.97 Å². The van der Waals surface area contributed by atoms with Gasteiger partial charge in [0.25, 0.3) is 0 Å². The van der Waals surface area contributed by atoms with Gasteiger partial charge < -0.3 is 14.6 Å². The number of carbonyl (C=O) groups excluding carboxylic acids is 3. The van der Waals surface area contributed by atoms with Crippen molar-refractivity contribution in [2.75, 3.05) is 11.9 Å². The van der Waals surface area contributed by atoms with Crippen molar-refractivity contribution < 1.29 is 19.1 Å². The summed E-state index contributed by atoms with van der Waals surface area (Å²) in [5.41, 5.74) is 2.11. The van der Waals surface area contributed by atoms with Crippen LogP contribution in [0, 0.1) is 11.8 Å². The van der Waals surface area contributed by atoms with Crippen molar-refractivity contribution in [3.05, 3.63) is 34.2 Å². The zero-order chi connectivity index (χ0) is 22.2. The summed E-state index contributed by atoms with van der Waals surface area (Å²) in [7, 11) is 0. The van der Waals surface area contributed by atoms with Crippen LogP contribution < -0.4 is 5.32 Å². The van der Waals surface area contributed by atoms with Crippen molar-refractivity contribution in [3.63, 3.8) is 0 Å². The molecule has 2 heterocycles. The summed E-state index contributed by atoms with van der Waals surface area (Å²) in [6.45, 7) is 2.09. The number of fused-ring (bicyclic) bond motifs is 1. The lowest BCUT2D eigenvalue weighted by molar-refractivity contribution is -0.117. The Kier molecular flexibility index (Phi) is 5.88. The predicted octanol–water partition coefficient (Wildman–Crippen LogP) is 4.57. The van der Waals surface area contributed by atoms with Gasteiger partial charge in [-0.05, 0) is 56.9 Å². The Labute approximate surface area is 191 Å². The third-order valence-electron chi connectivity index (χ3n) is 6.68. The molecule has 1 atom stereocenters. The summed E-state index contributed by atoms with van der Waals surface area (Å²) in [5.74, 6) is 0.574. The van der Waals surface area contributed by atoms with Crippen LogP contribution in [0.3, 0.4) is 0 Å². The third-order valence-corrected chi connectivity index (χ3v) is 7.89. The van der Waals surface area contributed by atoms with Crippen molar-refractivity contribution in [1.82, 2.24) is 9.55 Å². The van der Waals surface area contributed by atoms with Crippen LogP contribution >= 0.6 is 11.3 Å². The number of ketones is 1. The molecule has 0 saturated heterocycles. The maximum Gasteiger partial charge on any atom is 0.358 e. The zero-order valence-corrected chi connectivity index (χ0v) is 19.2. The van der Waals surface area contributed by atoms with E-state index in [0.29, 0.717) is 31.1 Å². The normalized spacial score (nSPS) is 20.0. The van der Waals surface area contributed by atoms with Gasteiger partial charge in [0, 0.05) is 29.5 Å². The molecule has 0 aliphatic heterocycles. The molecule has 0 aromatic carbocycles. The Morgan fingerprint density at radius 1 is 1.22 bits per heavy atom. The molecule has 2 saturated carbocycles. The van der Waals surface area contributed by atoms with Crippen LogP contribution in [0.1, 0.15) is 89.2 Å². The molecule has 0 radical (unpaired) electrons. The Hall–Kier alpha value is -2.48. The topological polar surface area (TPSA) is 90.3 Å². The van der Waals surface area contributed by atoms with Gasteiger partial charge in [-0.1, -0.05) is 12.8 Å². The number of aryl methyl sites for hydroxylation is 1. The van der Waals surface area contributed by atoms with Gasteiger partial charge in [-0.15, -0.1) is 11.3 Å². The van der Waals surface area contributed by atoms with Crippen LogP contribution in [0.25, 0.3) is 0 Å². The van der Waals surface area contributed by atoms with E-state index in [2.05, 4.69) is 10.3 Å². The van der Waals surface area contributed by atoms with E-state index in [1.165, 1.54) is 17.7 Å². The molecule has 0 bridgehead atoms. The summed E-state index contributed by atoms with van der Waals surface area (Å²) in [6, 6.07) is 0.120. The Morgan fingerprint density at radius 3 is 2.75 bits per heavy atom. The Bertz CT molecular complexity index is 1050. The lowest BCUT2D eigenvalue weighted by Gasteiger charge is -2.24. The highest BCUT2D eigenvalue weighted by molar-refractivity contribution is 7.17. The van der Waals surface area contributed by atoms with Crippen LogP contribution in [-0.2, 0) is 22.4 Å². The predicted molar refractivity (Wildman–Crippen MR) is 121 cm³/mol. The number of anilines is 1. The van der Waals surface area contributed by atoms with Crippen molar-refractivity contribution in [2.45, 2.75) is 70.8 Å². The summed E-state index contributed by atoms with van der Waals surface area (Å²) >= 11 is 1.58. The number of carbonyl (C=O) groups is 3. The average molecular weight is 456 g/mol. The molecule has 8 heteroatoms. The number of nitrogens with one attached hydrogen (secondary N) is 1. The van der Waals surface area contributed by atoms with E-state index in [4.69, 9.17) is 4.74 Å². The lowest BCUT2D eigenvalue weighted by atomic mass is 9.89. The molecule has 1 N–H and O–H groups in total. The van der Waals surface area contributed by atoms with E-state index in [-0.39, 0.29) is 23.7 Å². The van der Waals surface area contributed by atoms with E-state index < -0.39 is 5.97 Å². The van der Waals surface area contributed by atoms with Gasteiger partial charge in [0.2, 0.25) is 5.91 Å². The molecule has 32 heavy (non-hydrogen) atoms. The standard InChI is InChI=1S/C24H29N3O4S/c1-2-31-24(30)18-12-27(13-25-18)16-8-10-20-17(11-16)21(19(28)9-5-14-3-4-14)23(32-20)26-22(29)15-6-7-15/h12-16H,2-11H2,1H3,(H,26,29)/t16-/m0/s1. The fourth-order valence-corrected chi connectivity index (χ4v) is 5.74. The Morgan fingerprint density at radius 2 is 2.03 bits per heavy atom. The molecule has 3 aliphatic rings. The first-order chi connectivity index (χ1) is 15.5. The fourth-order valence-electron chi connectivity index (χ4n) is 4.48. The molecule has 3 aliphatic carbocycles. The first kappa shape index (κ1) is 21.4. The zero-order valence-electron chi connectivity index (χ0n) is 18.4. The molecule has 2 fully saturated rings. The average Bonchev–Trinajstić information content (AvgIpc) is 3.71. The quantitative estimate of drug-likeness (QED) is 0.442. The summed E-state index contributed by atoms with van der Waals surface area (Å²) in [5, 5.41) is 3.82. The van der Waals surface area contributed by atoms with Crippen LogP contribution in [-0.4, -0.2) is 33.8 Å². The molecule has 2 aromatic rings. The summed E-state index contributed by atoms with van der Waals surface area (Å²) in [6.07, 6.45) is 11.7. The number of ether oxygens (including phenoxy) is 1. The highest BCUT2D eigenvalue weighted by Gasteiger charge is 2.34. The Balaban J connectivity index is 1.39. The molecule has 2 aromatic heterocycles. The van der Waals surface area contributed by atoms with Gasteiger partial charge in [0.15, 0.2) is 11.5 Å². The molecule has 0 unspecified atom stereocenters. The first-order valence-electron chi connectivity index (χ1n) is 11.7. The number of thiophene rings is 1. The van der Waals surface area contributed by atoms with Crippen LogP contribution in [0.5, 0.6) is 0 Å². The number of amides is 1. The monoisotopic (exact) mass is 455 g/mol. The minimum Gasteiger partial charge on any atom is -0.461 e. The number of rotatable bonds is 9. The van der Waals surface area contributed by atoms with Gasteiger partial charge in [0.1, 0.15) is 5.00 Å². The maximum atomic E-state index is 13.3. The van der Waals surface area contributed by atoms with Crippen molar-refractivity contribution in [2.24, 2.45) is 11.8 Å². The van der Waals surface area contributed by atoms with Crippen LogP contribution in [0.4, 0.5) is 5.00 Å². The largest absolute Gasteiger partial charge is 0.461 e. The molecular formula is C24H29N3O4S. The highest BCUT2D eigenvalue weighted by atomic mass is 32.1. The smallest absolute Gasteiger partial charge is 0.358 e. The van der Waals surface area contributed by atoms with Crippen LogP contribution in [0.15, 0.2) is 12.5 Å². The van der Waals surface area contributed by atoms with E-state index in [1.54, 1.807) is 30.8 Å². The number of hydrogen-bond donors (Lipinski definition) is 1. The minimum atomic E-state index is -0.417. The third kappa shape index (κ3) is 4.51. The van der Waals surface area contributed by atoms with Crippen LogP contribution in [0.2, 0.25) is 0 Å². The van der Waals surface area contributed by atoms with Gasteiger partial charge in [-0.2, -0.15) is 0 Å². The summed E-state index contributed by atoms with van der Waals surface area (Å²) in [4.78, 5) is 43.2. The number of Topliss-reactive ketones (excluding diaryl/α,β-unsaturated/α-hetero) is 1. The fraction of sp³-hybridized carbons (Fsp3) is 0.583. The molecule has 0 spiro atoms. The van der Waals surface area contributed by atoms with Crippen molar-refractivity contribution >= 4 is 34.0 Å². The summed E-state index contributed by atoms with van der Waals surface area (Å²) < 4.78 is 7.02. The first-order valence-corrected chi connectivity index (χ1v) is 12.5. The van der Waals surface area contributed by atoms with Gasteiger partial charge in [0.05, 0.1) is 18.5 Å². The van der Waals surface area contributed by atoms with Crippen molar-refractivity contribution in [1.29, 1.82) is 0 Å². The second kappa shape index (κ2) is 8.81. The molecule has 1 amide bonds. The van der Waals surface area contributed by atoms with E-state index in [9.17, 15) is 14.4 Å². The van der Waals surface area contributed by atoms with E-state index >= 15 is 0 Å². The molecule has 7 nitrogen and oxygen atoms in total. The minimum absolute atomic E-state index is 0.0464. The molecular weight excluding hydrogens is 426 g/mol. The molecule has 5 rings (SSSR count). The molecule has 170 valence electrons. The number of hydrogen-bond acceptors (Lipinski definition) is 6. The maximum absolute atomic E-state index is 13.3. The number of imidazole rings is 1. The SMILES string of the molecule is CCOC(=O)c1cn([C@H]2CCc3sc(NC(=O)C4CC4)c(C(=O)CCC4CC4)c3C2)cn1. The van der Waals surface area contributed by atoms with Gasteiger partial charge in [-0.25, -0.2) is 9.78 Å². The number of esters is 1. The van der Waals surface area contributed by atoms with Gasteiger partial charge in [-0.3, -0.25) is 9.59 Å². The van der Waals surface area contributed by atoms with E-state index in [0.717, 1.165) is 48.2 Å². The lowest BCUT2D eigenvalue weighted by Crippen LogP contribution is -2.19. The second-order valence-electron chi connectivity index (χ2n) is 9.20. The van der Waals surface area contributed by atoms with Crippen molar-refractivity contribution in [3.8, 4) is 0 Å². The highest BCUT2D eigenvalue weighted by Crippen LogP contribution is 2.43. The number of aromatic nitrogens is 2. The van der Waals surface area contributed by atoms with E-state index in [1.807, 2.05) is 4.57 Å². The second-order valence-corrected chi connectivity index (χ2v) is 10.3. The number of nitrogens with zero attached hydrogens (tertiary/aromatic N) is 2.